The van der Waals surface area contributed by atoms with Gasteiger partial charge in [0.1, 0.15) is 0 Å². The van der Waals surface area contributed by atoms with Gasteiger partial charge in [-0.1, -0.05) is 40.2 Å². The predicted octanol–water partition coefficient (Wildman–Crippen LogP) is 4.13. The molecule has 0 aliphatic rings. The van der Waals surface area contributed by atoms with Crippen LogP contribution in [-0.4, -0.2) is 14.2 Å². The Labute approximate surface area is 109 Å². The van der Waals surface area contributed by atoms with Gasteiger partial charge in [-0.15, -0.1) is 0 Å². The number of halogens is 1. The SMILES string of the molecule is COc1cccc(-c2cccc(Br)c2)c1OC. The van der Waals surface area contributed by atoms with Crippen molar-refractivity contribution in [3.05, 3.63) is 46.9 Å². The second kappa shape index (κ2) is 5.23. The molecule has 0 amide bonds. The van der Waals surface area contributed by atoms with Crippen LogP contribution in [0.5, 0.6) is 11.5 Å². The molecule has 2 nitrogen and oxygen atoms in total. The van der Waals surface area contributed by atoms with Crippen LogP contribution in [0.4, 0.5) is 0 Å². The third-order valence-corrected chi connectivity index (χ3v) is 3.03. The Hall–Kier alpha value is -1.48. The molecule has 3 heteroatoms. The van der Waals surface area contributed by atoms with Crippen molar-refractivity contribution in [1.82, 2.24) is 0 Å². The van der Waals surface area contributed by atoms with Crippen molar-refractivity contribution in [2.45, 2.75) is 0 Å². The summed E-state index contributed by atoms with van der Waals surface area (Å²) in [5, 5.41) is 0. The summed E-state index contributed by atoms with van der Waals surface area (Å²) in [5.41, 5.74) is 2.11. The van der Waals surface area contributed by atoms with Crippen LogP contribution < -0.4 is 9.47 Å². The Kier molecular flexibility index (Phi) is 3.69. The minimum Gasteiger partial charge on any atom is -0.493 e. The minimum absolute atomic E-state index is 0.741. The number of benzene rings is 2. The average molecular weight is 293 g/mol. The molecule has 88 valence electrons. The summed E-state index contributed by atoms with van der Waals surface area (Å²) in [6.45, 7) is 0. The fourth-order valence-electron chi connectivity index (χ4n) is 1.77. The van der Waals surface area contributed by atoms with E-state index in [4.69, 9.17) is 9.47 Å². The fourth-order valence-corrected chi connectivity index (χ4v) is 2.17. The fraction of sp³-hybridized carbons (Fsp3) is 0.143. The van der Waals surface area contributed by atoms with Crippen LogP contribution in [0.15, 0.2) is 46.9 Å². The summed E-state index contributed by atoms with van der Waals surface area (Å²) < 4.78 is 11.8. The van der Waals surface area contributed by atoms with E-state index >= 15 is 0 Å². The highest BCUT2D eigenvalue weighted by Crippen LogP contribution is 2.38. The standard InChI is InChI=1S/C14H13BrO2/c1-16-13-8-4-7-12(14(13)17-2)10-5-3-6-11(15)9-10/h3-9H,1-2H3. The maximum Gasteiger partial charge on any atom is 0.168 e. The Morgan fingerprint density at radius 2 is 1.71 bits per heavy atom. The van der Waals surface area contributed by atoms with Gasteiger partial charge in [-0.3, -0.25) is 0 Å². The van der Waals surface area contributed by atoms with Gasteiger partial charge >= 0.3 is 0 Å². The van der Waals surface area contributed by atoms with Gasteiger partial charge in [0, 0.05) is 10.0 Å². The van der Waals surface area contributed by atoms with E-state index in [1.54, 1.807) is 14.2 Å². The van der Waals surface area contributed by atoms with Crippen molar-refractivity contribution in [2.75, 3.05) is 14.2 Å². The molecule has 0 aliphatic heterocycles. The van der Waals surface area contributed by atoms with E-state index in [9.17, 15) is 0 Å². The molecular weight excluding hydrogens is 280 g/mol. The van der Waals surface area contributed by atoms with Crippen LogP contribution in [0.25, 0.3) is 11.1 Å². The normalized spacial score (nSPS) is 10.1. The molecule has 2 aromatic carbocycles. The van der Waals surface area contributed by atoms with Gasteiger partial charge in [0.15, 0.2) is 11.5 Å². The summed E-state index contributed by atoms with van der Waals surface area (Å²) in [4.78, 5) is 0. The Balaban J connectivity index is 2.59. The van der Waals surface area contributed by atoms with Crippen LogP contribution in [0.2, 0.25) is 0 Å². The van der Waals surface area contributed by atoms with E-state index in [1.807, 2.05) is 36.4 Å². The maximum atomic E-state index is 5.42. The van der Waals surface area contributed by atoms with E-state index in [2.05, 4.69) is 22.0 Å². The van der Waals surface area contributed by atoms with E-state index in [0.29, 0.717) is 0 Å². The van der Waals surface area contributed by atoms with Gasteiger partial charge in [-0.05, 0) is 23.8 Å². The first-order valence-electron chi connectivity index (χ1n) is 5.23. The number of methoxy groups -OCH3 is 2. The van der Waals surface area contributed by atoms with Gasteiger partial charge in [0.2, 0.25) is 0 Å². The molecule has 0 bridgehead atoms. The third kappa shape index (κ3) is 2.44. The van der Waals surface area contributed by atoms with Gasteiger partial charge in [-0.25, -0.2) is 0 Å². The highest BCUT2D eigenvalue weighted by atomic mass is 79.9. The molecule has 0 saturated carbocycles. The van der Waals surface area contributed by atoms with Crippen molar-refractivity contribution in [3.8, 4) is 22.6 Å². The highest BCUT2D eigenvalue weighted by molar-refractivity contribution is 9.10. The molecule has 0 N–H and O–H groups in total. The molecule has 0 spiro atoms. The lowest BCUT2D eigenvalue weighted by Gasteiger charge is -2.12. The maximum absolute atomic E-state index is 5.42. The Bertz CT molecular complexity index is 523. The quantitative estimate of drug-likeness (QED) is 0.847. The van der Waals surface area contributed by atoms with Gasteiger partial charge in [0.05, 0.1) is 14.2 Å². The van der Waals surface area contributed by atoms with E-state index in [1.165, 1.54) is 0 Å². The van der Waals surface area contributed by atoms with Crippen molar-refractivity contribution in [1.29, 1.82) is 0 Å². The van der Waals surface area contributed by atoms with Gasteiger partial charge in [-0.2, -0.15) is 0 Å². The Morgan fingerprint density at radius 1 is 0.941 bits per heavy atom. The van der Waals surface area contributed by atoms with Gasteiger partial charge < -0.3 is 9.47 Å². The molecule has 0 radical (unpaired) electrons. The molecule has 0 heterocycles. The third-order valence-electron chi connectivity index (χ3n) is 2.54. The zero-order valence-electron chi connectivity index (χ0n) is 9.74. The zero-order valence-corrected chi connectivity index (χ0v) is 11.3. The minimum atomic E-state index is 0.741. The topological polar surface area (TPSA) is 18.5 Å². The molecule has 0 atom stereocenters. The van der Waals surface area contributed by atoms with Crippen molar-refractivity contribution in [3.63, 3.8) is 0 Å². The van der Waals surface area contributed by atoms with E-state index in [0.717, 1.165) is 27.1 Å². The van der Waals surface area contributed by atoms with Crippen molar-refractivity contribution >= 4 is 15.9 Å². The van der Waals surface area contributed by atoms with Gasteiger partial charge in [0.25, 0.3) is 0 Å². The number of hydrogen-bond donors (Lipinski definition) is 0. The van der Waals surface area contributed by atoms with E-state index < -0.39 is 0 Å². The molecule has 0 aliphatic carbocycles. The largest absolute Gasteiger partial charge is 0.493 e. The second-order valence-corrected chi connectivity index (χ2v) is 4.47. The zero-order chi connectivity index (χ0) is 12.3. The summed E-state index contributed by atoms with van der Waals surface area (Å²) in [7, 11) is 3.29. The number of para-hydroxylation sites is 1. The second-order valence-electron chi connectivity index (χ2n) is 3.55. The first-order chi connectivity index (χ1) is 8.26. The number of hydrogen-bond acceptors (Lipinski definition) is 2. The molecule has 0 saturated heterocycles. The summed E-state index contributed by atoms with van der Waals surface area (Å²) in [6, 6.07) is 14.0. The van der Waals surface area contributed by atoms with E-state index in [-0.39, 0.29) is 0 Å². The first kappa shape index (κ1) is 12.0. The van der Waals surface area contributed by atoms with Crippen molar-refractivity contribution in [2.24, 2.45) is 0 Å². The van der Waals surface area contributed by atoms with Crippen LogP contribution in [0.1, 0.15) is 0 Å². The monoisotopic (exact) mass is 292 g/mol. The summed E-state index contributed by atoms with van der Waals surface area (Å²) in [6.07, 6.45) is 0. The van der Waals surface area contributed by atoms with Crippen molar-refractivity contribution < 1.29 is 9.47 Å². The molecule has 2 rings (SSSR count). The highest BCUT2D eigenvalue weighted by Gasteiger charge is 2.10. The smallest absolute Gasteiger partial charge is 0.168 e. The molecule has 0 fully saturated rings. The average Bonchev–Trinajstić information content (AvgIpc) is 2.37. The van der Waals surface area contributed by atoms with Crippen LogP contribution in [0, 0.1) is 0 Å². The summed E-state index contributed by atoms with van der Waals surface area (Å²) in [5.74, 6) is 1.50. The molecule has 2 aromatic rings. The first-order valence-corrected chi connectivity index (χ1v) is 6.02. The molecule has 17 heavy (non-hydrogen) atoms. The molecule has 0 unspecified atom stereocenters. The lowest BCUT2D eigenvalue weighted by molar-refractivity contribution is 0.356. The number of rotatable bonds is 3. The lowest BCUT2D eigenvalue weighted by atomic mass is 10.0. The Morgan fingerprint density at radius 3 is 2.35 bits per heavy atom. The molecule has 0 aromatic heterocycles. The summed E-state index contributed by atoms with van der Waals surface area (Å²) >= 11 is 3.47. The lowest BCUT2D eigenvalue weighted by Crippen LogP contribution is -1.93. The predicted molar refractivity (Wildman–Crippen MR) is 72.7 cm³/mol. The van der Waals surface area contributed by atoms with Crippen LogP contribution in [-0.2, 0) is 0 Å². The molecular formula is C14H13BrO2. The van der Waals surface area contributed by atoms with Crippen LogP contribution in [0.3, 0.4) is 0 Å². The number of ether oxygens (including phenoxy) is 2. The van der Waals surface area contributed by atoms with Crippen LogP contribution >= 0.6 is 15.9 Å².